The van der Waals surface area contributed by atoms with E-state index in [2.05, 4.69) is 10.3 Å². The van der Waals surface area contributed by atoms with Crippen molar-refractivity contribution in [2.75, 3.05) is 7.05 Å². The number of aromatic nitrogens is 1. The van der Waals surface area contributed by atoms with Crippen LogP contribution >= 0.6 is 12.2 Å². The van der Waals surface area contributed by atoms with Crippen LogP contribution in [-0.4, -0.2) is 27.0 Å². The van der Waals surface area contributed by atoms with Crippen LogP contribution in [0.15, 0.2) is 65.2 Å². The number of nitrogens with zero attached hydrogens (tertiary/aromatic N) is 3. The molecule has 0 spiro atoms. The van der Waals surface area contributed by atoms with Crippen molar-refractivity contribution in [3.63, 3.8) is 0 Å². The standard InChI is InChI=1S/C19H16N4O3S/c1-22-18(17(21-19(22)27)14-7-2-3-10-20-14)16-9-8-15(26-16)12-5-4-6-13(11-12)23(24)25/h2-11,17-18H,1H3,(H,21,27)/t17-,18-/m0/s1. The molecule has 1 aliphatic heterocycles. The molecule has 0 amide bonds. The lowest BCUT2D eigenvalue weighted by Gasteiger charge is -2.21. The fourth-order valence-corrected chi connectivity index (χ4v) is 3.49. The maximum Gasteiger partial charge on any atom is 0.270 e. The quantitative estimate of drug-likeness (QED) is 0.418. The molecule has 27 heavy (non-hydrogen) atoms. The van der Waals surface area contributed by atoms with Gasteiger partial charge in [0.25, 0.3) is 5.69 Å². The normalized spacial score (nSPS) is 19.1. The van der Waals surface area contributed by atoms with Gasteiger partial charge in [0.15, 0.2) is 5.11 Å². The van der Waals surface area contributed by atoms with Crippen LogP contribution in [0, 0.1) is 10.1 Å². The topological polar surface area (TPSA) is 84.4 Å². The van der Waals surface area contributed by atoms with Gasteiger partial charge in [0, 0.05) is 30.9 Å². The maximum absolute atomic E-state index is 11.0. The number of non-ortho nitro benzene ring substituents is 1. The van der Waals surface area contributed by atoms with Gasteiger partial charge in [-0.1, -0.05) is 18.2 Å². The molecule has 0 saturated carbocycles. The van der Waals surface area contributed by atoms with Crippen molar-refractivity contribution in [2.45, 2.75) is 12.1 Å². The number of benzene rings is 1. The van der Waals surface area contributed by atoms with Gasteiger partial charge < -0.3 is 14.6 Å². The van der Waals surface area contributed by atoms with E-state index in [4.69, 9.17) is 16.6 Å². The van der Waals surface area contributed by atoms with Gasteiger partial charge in [0.05, 0.1) is 16.7 Å². The minimum Gasteiger partial charge on any atom is -0.459 e. The van der Waals surface area contributed by atoms with Crippen LogP contribution < -0.4 is 5.32 Å². The van der Waals surface area contributed by atoms with Crippen molar-refractivity contribution in [2.24, 2.45) is 0 Å². The number of hydrogen-bond acceptors (Lipinski definition) is 5. The predicted molar refractivity (Wildman–Crippen MR) is 104 cm³/mol. The lowest BCUT2D eigenvalue weighted by atomic mass is 10.0. The Labute approximate surface area is 160 Å². The van der Waals surface area contributed by atoms with Crippen LogP contribution in [0.3, 0.4) is 0 Å². The zero-order valence-electron chi connectivity index (χ0n) is 14.4. The SMILES string of the molecule is CN1C(=S)N[C@@H](c2ccccn2)[C@@H]1c1ccc(-c2cccc([N+](=O)[O-])c2)o1. The third kappa shape index (κ3) is 3.15. The average molecular weight is 380 g/mol. The highest BCUT2D eigenvalue weighted by Gasteiger charge is 2.39. The molecule has 2 atom stereocenters. The first kappa shape index (κ1) is 17.2. The Morgan fingerprint density at radius 2 is 2.07 bits per heavy atom. The summed E-state index contributed by atoms with van der Waals surface area (Å²) in [7, 11) is 1.90. The number of furan rings is 1. The van der Waals surface area contributed by atoms with Gasteiger partial charge in [-0.15, -0.1) is 0 Å². The van der Waals surface area contributed by atoms with Crippen molar-refractivity contribution in [1.82, 2.24) is 15.2 Å². The van der Waals surface area contributed by atoms with Gasteiger partial charge in [-0.25, -0.2) is 0 Å². The van der Waals surface area contributed by atoms with E-state index in [1.54, 1.807) is 18.3 Å². The van der Waals surface area contributed by atoms with Gasteiger partial charge in [-0.2, -0.15) is 0 Å². The molecule has 0 aliphatic carbocycles. The highest BCUT2D eigenvalue weighted by Crippen LogP contribution is 2.39. The number of nitro groups is 1. The van der Waals surface area contributed by atoms with E-state index in [9.17, 15) is 10.1 Å². The second kappa shape index (κ2) is 6.81. The van der Waals surface area contributed by atoms with Crippen molar-refractivity contribution < 1.29 is 9.34 Å². The Bertz CT molecular complexity index is 1000. The van der Waals surface area contributed by atoms with Crippen molar-refractivity contribution in [1.29, 1.82) is 0 Å². The van der Waals surface area contributed by atoms with Crippen molar-refractivity contribution in [3.05, 3.63) is 82.4 Å². The van der Waals surface area contributed by atoms with Crippen molar-refractivity contribution in [3.8, 4) is 11.3 Å². The molecule has 4 rings (SSSR count). The number of nitro benzene ring substituents is 1. The van der Waals surface area contributed by atoms with E-state index < -0.39 is 4.92 Å². The number of nitrogens with one attached hydrogen (secondary N) is 1. The van der Waals surface area contributed by atoms with Crippen LogP contribution in [0.25, 0.3) is 11.3 Å². The van der Waals surface area contributed by atoms with Crippen LogP contribution in [0.2, 0.25) is 0 Å². The number of likely N-dealkylation sites (N-methyl/N-ethyl adjacent to an activating group) is 1. The Balaban J connectivity index is 1.70. The molecule has 0 bridgehead atoms. The molecule has 1 fully saturated rings. The second-order valence-electron chi connectivity index (χ2n) is 6.25. The summed E-state index contributed by atoms with van der Waals surface area (Å²) in [4.78, 5) is 17.0. The summed E-state index contributed by atoms with van der Waals surface area (Å²) in [6, 6.07) is 15.5. The van der Waals surface area contributed by atoms with E-state index in [1.165, 1.54) is 12.1 Å². The average Bonchev–Trinajstić information content (AvgIpc) is 3.28. The van der Waals surface area contributed by atoms with E-state index >= 15 is 0 Å². The van der Waals surface area contributed by atoms with Crippen molar-refractivity contribution >= 4 is 23.0 Å². The summed E-state index contributed by atoms with van der Waals surface area (Å²) in [5.74, 6) is 1.28. The zero-order valence-corrected chi connectivity index (χ0v) is 15.2. The minimum absolute atomic E-state index is 0.0256. The van der Waals surface area contributed by atoms with E-state index in [-0.39, 0.29) is 17.8 Å². The van der Waals surface area contributed by atoms with Gasteiger partial charge in [0.1, 0.15) is 17.6 Å². The van der Waals surface area contributed by atoms with Crippen LogP contribution in [0.5, 0.6) is 0 Å². The molecule has 1 aromatic carbocycles. The zero-order chi connectivity index (χ0) is 19.0. The smallest absolute Gasteiger partial charge is 0.270 e. The Morgan fingerprint density at radius 3 is 2.81 bits per heavy atom. The third-order valence-electron chi connectivity index (χ3n) is 4.60. The molecular formula is C19H16N4O3S. The lowest BCUT2D eigenvalue weighted by Crippen LogP contribution is -2.24. The van der Waals surface area contributed by atoms with Crippen LogP contribution in [0.1, 0.15) is 23.5 Å². The van der Waals surface area contributed by atoms with E-state index in [0.717, 1.165) is 5.69 Å². The first-order valence-corrected chi connectivity index (χ1v) is 8.74. The van der Waals surface area contributed by atoms with Gasteiger partial charge in [-0.3, -0.25) is 15.1 Å². The number of thiocarbonyl (C=S) groups is 1. The monoisotopic (exact) mass is 380 g/mol. The molecule has 1 N–H and O–H groups in total. The first-order valence-electron chi connectivity index (χ1n) is 8.33. The molecule has 7 nitrogen and oxygen atoms in total. The van der Waals surface area contributed by atoms with Gasteiger partial charge >= 0.3 is 0 Å². The third-order valence-corrected chi connectivity index (χ3v) is 5.00. The maximum atomic E-state index is 11.0. The van der Waals surface area contributed by atoms with Crippen LogP contribution in [0.4, 0.5) is 5.69 Å². The van der Waals surface area contributed by atoms with Gasteiger partial charge in [0.2, 0.25) is 0 Å². The summed E-state index contributed by atoms with van der Waals surface area (Å²) in [6.45, 7) is 0. The molecule has 0 unspecified atom stereocenters. The molecule has 3 heterocycles. The van der Waals surface area contributed by atoms with E-state index in [1.807, 2.05) is 42.3 Å². The first-order chi connectivity index (χ1) is 13.0. The second-order valence-corrected chi connectivity index (χ2v) is 6.63. The molecular weight excluding hydrogens is 364 g/mol. The molecule has 1 aliphatic rings. The molecule has 2 aromatic heterocycles. The fraction of sp³-hybridized carbons (Fsp3) is 0.158. The molecule has 136 valence electrons. The summed E-state index contributed by atoms with van der Waals surface area (Å²) in [6.07, 6.45) is 1.74. The highest BCUT2D eigenvalue weighted by molar-refractivity contribution is 7.80. The van der Waals surface area contributed by atoms with E-state index in [0.29, 0.717) is 22.2 Å². The molecule has 8 heteroatoms. The summed E-state index contributed by atoms with van der Waals surface area (Å²) in [5, 5.41) is 14.9. The number of hydrogen-bond donors (Lipinski definition) is 1. The molecule has 1 saturated heterocycles. The summed E-state index contributed by atoms with van der Waals surface area (Å²) < 4.78 is 6.07. The van der Waals surface area contributed by atoms with Gasteiger partial charge in [-0.05, 0) is 36.5 Å². The lowest BCUT2D eigenvalue weighted by molar-refractivity contribution is -0.384. The minimum atomic E-state index is -0.419. The molecule has 3 aromatic rings. The number of rotatable bonds is 4. The summed E-state index contributed by atoms with van der Waals surface area (Å²) in [5.41, 5.74) is 1.54. The number of pyridine rings is 1. The highest BCUT2D eigenvalue weighted by atomic mass is 32.1. The Morgan fingerprint density at radius 1 is 1.22 bits per heavy atom. The fourth-order valence-electron chi connectivity index (χ4n) is 3.25. The molecule has 0 radical (unpaired) electrons. The van der Waals surface area contributed by atoms with Crippen LogP contribution in [-0.2, 0) is 0 Å². The Hall–Kier alpha value is -3.26. The Kier molecular flexibility index (Phi) is 4.33. The largest absolute Gasteiger partial charge is 0.459 e. The summed E-state index contributed by atoms with van der Waals surface area (Å²) >= 11 is 5.41. The predicted octanol–water partition coefficient (Wildman–Crippen LogP) is 3.85.